The molecule has 1 aromatic heterocycles. The van der Waals surface area contributed by atoms with Crippen molar-refractivity contribution in [3.8, 4) is 5.88 Å². The first-order valence-electron chi connectivity index (χ1n) is 10.7. The SMILES string of the molecule is CN(C)C1COc2c([S@](=N)(=O)NC(=O)Nc3c4c(cc5c3CCC5)CCC4)cnn2C1. The van der Waals surface area contributed by atoms with Crippen molar-refractivity contribution < 1.29 is 13.7 Å². The molecular weight excluding hydrogens is 416 g/mol. The van der Waals surface area contributed by atoms with Gasteiger partial charge in [-0.3, -0.25) is 0 Å². The maximum absolute atomic E-state index is 13.2. The zero-order valence-electron chi connectivity index (χ0n) is 17.9. The highest BCUT2D eigenvalue weighted by Gasteiger charge is 2.30. The summed E-state index contributed by atoms with van der Waals surface area (Å²) in [4.78, 5) is 15.0. The second-order valence-electron chi connectivity index (χ2n) is 8.77. The van der Waals surface area contributed by atoms with E-state index in [-0.39, 0.29) is 10.9 Å². The van der Waals surface area contributed by atoms with Crippen LogP contribution in [-0.4, -0.2) is 51.7 Å². The lowest BCUT2D eigenvalue weighted by Crippen LogP contribution is -2.41. The minimum absolute atomic E-state index is 0.100. The van der Waals surface area contributed by atoms with Crippen molar-refractivity contribution in [2.24, 2.45) is 0 Å². The molecule has 2 amide bonds. The van der Waals surface area contributed by atoms with Crippen LogP contribution in [0.25, 0.3) is 0 Å². The predicted molar refractivity (Wildman–Crippen MR) is 117 cm³/mol. The minimum Gasteiger partial charge on any atom is -0.475 e. The molecule has 0 saturated heterocycles. The highest BCUT2D eigenvalue weighted by molar-refractivity contribution is 7.91. The molecule has 10 heteroatoms. The van der Waals surface area contributed by atoms with Crippen LogP contribution >= 0.6 is 0 Å². The topological polar surface area (TPSA) is 112 Å². The molecule has 1 unspecified atom stereocenters. The highest BCUT2D eigenvalue weighted by atomic mass is 32.2. The normalized spacial score (nSPS) is 21.1. The number of likely N-dealkylation sites (N-methyl/N-ethyl adjacent to an activating group) is 1. The number of urea groups is 1. The smallest absolute Gasteiger partial charge is 0.331 e. The summed E-state index contributed by atoms with van der Waals surface area (Å²) < 4.78 is 31.3. The zero-order chi connectivity index (χ0) is 21.8. The lowest BCUT2D eigenvalue weighted by Gasteiger charge is -2.29. The van der Waals surface area contributed by atoms with E-state index in [9.17, 15) is 9.00 Å². The maximum atomic E-state index is 13.2. The van der Waals surface area contributed by atoms with E-state index in [4.69, 9.17) is 9.52 Å². The summed E-state index contributed by atoms with van der Waals surface area (Å²) in [6.07, 6.45) is 7.46. The number of fused-ring (bicyclic) bond motifs is 3. The van der Waals surface area contributed by atoms with E-state index in [0.29, 0.717) is 19.0 Å². The lowest BCUT2D eigenvalue weighted by molar-refractivity contribution is 0.117. The average molecular weight is 445 g/mol. The molecule has 0 bridgehead atoms. The summed E-state index contributed by atoms with van der Waals surface area (Å²) in [6, 6.07) is 1.80. The molecule has 3 aliphatic rings. The van der Waals surface area contributed by atoms with Crippen LogP contribution in [0.2, 0.25) is 0 Å². The average Bonchev–Trinajstić information content (AvgIpc) is 3.45. The van der Waals surface area contributed by atoms with Crippen molar-refractivity contribution in [1.82, 2.24) is 19.4 Å². The van der Waals surface area contributed by atoms with Gasteiger partial charge in [0.05, 0.1) is 18.8 Å². The van der Waals surface area contributed by atoms with Crippen molar-refractivity contribution in [3.05, 3.63) is 34.5 Å². The fourth-order valence-corrected chi connectivity index (χ4v) is 5.89. The molecule has 0 fully saturated rings. The van der Waals surface area contributed by atoms with E-state index in [1.54, 1.807) is 4.68 Å². The number of ether oxygens (including phenoxy) is 1. The summed E-state index contributed by atoms with van der Waals surface area (Å²) in [7, 11) is 0.289. The fraction of sp³-hybridized carbons (Fsp3) is 0.524. The van der Waals surface area contributed by atoms with Crippen molar-refractivity contribution >= 4 is 21.6 Å². The number of carbonyl (C=O) groups is 1. The van der Waals surface area contributed by atoms with Gasteiger partial charge in [-0.05, 0) is 74.9 Å². The summed E-state index contributed by atoms with van der Waals surface area (Å²) in [5.74, 6) is 0.292. The molecule has 5 rings (SSSR count). The summed E-state index contributed by atoms with van der Waals surface area (Å²) in [6.45, 7) is 0.988. The van der Waals surface area contributed by atoms with Gasteiger partial charge in [-0.15, -0.1) is 0 Å². The number of aryl methyl sites for hydroxylation is 2. The predicted octanol–water partition coefficient (Wildman–Crippen LogP) is 2.33. The number of hydrogen-bond donors (Lipinski definition) is 3. The van der Waals surface area contributed by atoms with Crippen LogP contribution in [0.3, 0.4) is 0 Å². The van der Waals surface area contributed by atoms with Crippen molar-refractivity contribution in [3.63, 3.8) is 0 Å². The Labute approximate surface area is 182 Å². The molecule has 2 heterocycles. The van der Waals surface area contributed by atoms with E-state index in [2.05, 4.69) is 21.2 Å². The van der Waals surface area contributed by atoms with Gasteiger partial charge in [-0.2, -0.15) is 5.10 Å². The number of anilines is 1. The molecule has 31 heavy (non-hydrogen) atoms. The van der Waals surface area contributed by atoms with Gasteiger partial charge in [0.2, 0.25) is 5.88 Å². The van der Waals surface area contributed by atoms with Gasteiger partial charge < -0.3 is 15.0 Å². The molecule has 2 atom stereocenters. The second-order valence-corrected chi connectivity index (χ2v) is 10.5. The Morgan fingerprint density at radius 3 is 2.55 bits per heavy atom. The Balaban J connectivity index is 1.37. The van der Waals surface area contributed by atoms with Crippen LogP contribution in [0.5, 0.6) is 5.88 Å². The van der Waals surface area contributed by atoms with Gasteiger partial charge in [-0.1, -0.05) is 6.07 Å². The van der Waals surface area contributed by atoms with Crippen molar-refractivity contribution in [2.45, 2.75) is 56.0 Å². The first-order chi connectivity index (χ1) is 14.8. The zero-order valence-corrected chi connectivity index (χ0v) is 18.7. The van der Waals surface area contributed by atoms with E-state index in [1.807, 2.05) is 19.0 Å². The Morgan fingerprint density at radius 2 is 1.90 bits per heavy atom. The first-order valence-corrected chi connectivity index (χ1v) is 12.3. The van der Waals surface area contributed by atoms with Crippen LogP contribution in [0.1, 0.15) is 35.1 Å². The van der Waals surface area contributed by atoms with Crippen molar-refractivity contribution in [1.29, 1.82) is 4.78 Å². The maximum Gasteiger partial charge on any atom is 0.331 e. The molecule has 1 aliphatic heterocycles. The third-order valence-electron chi connectivity index (χ3n) is 6.54. The molecule has 0 saturated carbocycles. The van der Waals surface area contributed by atoms with Gasteiger partial charge in [-0.25, -0.2) is 23.2 Å². The molecule has 1 aromatic carbocycles. The highest BCUT2D eigenvalue weighted by Crippen LogP contribution is 2.38. The molecule has 2 aliphatic carbocycles. The van der Waals surface area contributed by atoms with E-state index in [0.717, 1.165) is 44.2 Å². The molecule has 0 radical (unpaired) electrons. The number of carbonyl (C=O) groups excluding carboxylic acids is 1. The number of nitrogens with zero attached hydrogens (tertiary/aromatic N) is 3. The summed E-state index contributed by atoms with van der Waals surface area (Å²) >= 11 is 0. The summed E-state index contributed by atoms with van der Waals surface area (Å²) in [5.41, 5.74) is 5.84. The Hall–Kier alpha value is -2.59. The van der Waals surface area contributed by atoms with Crippen LogP contribution < -0.4 is 14.8 Å². The lowest BCUT2D eigenvalue weighted by atomic mass is 9.99. The van der Waals surface area contributed by atoms with Gasteiger partial charge in [0.15, 0.2) is 9.92 Å². The third-order valence-corrected chi connectivity index (χ3v) is 7.92. The first kappa shape index (κ1) is 20.3. The van der Waals surface area contributed by atoms with Crippen molar-refractivity contribution in [2.75, 3.05) is 26.0 Å². The number of nitrogens with one attached hydrogen (secondary N) is 3. The molecule has 9 nitrogen and oxygen atoms in total. The quantitative estimate of drug-likeness (QED) is 0.670. The van der Waals surface area contributed by atoms with Gasteiger partial charge in [0.1, 0.15) is 11.5 Å². The van der Waals surface area contributed by atoms with Crippen LogP contribution in [0.15, 0.2) is 17.2 Å². The fourth-order valence-electron chi connectivity index (χ4n) is 4.86. The second kappa shape index (κ2) is 7.52. The number of rotatable bonds is 4. The van der Waals surface area contributed by atoms with Crippen LogP contribution in [-0.2, 0) is 42.1 Å². The largest absolute Gasteiger partial charge is 0.475 e. The number of amides is 2. The van der Waals surface area contributed by atoms with Gasteiger partial charge in [0.25, 0.3) is 0 Å². The van der Waals surface area contributed by atoms with Crippen LogP contribution in [0, 0.1) is 4.78 Å². The monoisotopic (exact) mass is 444 g/mol. The molecule has 2 aromatic rings. The van der Waals surface area contributed by atoms with E-state index >= 15 is 0 Å². The van der Waals surface area contributed by atoms with E-state index in [1.165, 1.54) is 28.5 Å². The number of aromatic nitrogens is 2. The molecule has 0 spiro atoms. The Morgan fingerprint density at radius 1 is 1.23 bits per heavy atom. The number of hydrogen-bond acceptors (Lipinski definition) is 6. The summed E-state index contributed by atoms with van der Waals surface area (Å²) in [5, 5.41) is 7.17. The molecular formula is C21H28N6O3S. The molecule has 3 N–H and O–H groups in total. The third kappa shape index (κ3) is 3.57. The van der Waals surface area contributed by atoms with Crippen LogP contribution in [0.4, 0.5) is 10.5 Å². The minimum atomic E-state index is -3.63. The number of benzene rings is 1. The van der Waals surface area contributed by atoms with E-state index < -0.39 is 15.9 Å². The Bertz CT molecular complexity index is 1120. The molecule has 166 valence electrons. The Kier molecular flexibility index (Phi) is 4.93. The van der Waals surface area contributed by atoms with Gasteiger partial charge in [0, 0.05) is 5.69 Å². The standard InChI is InChI=1S/C21H28N6O3S/c1-26(2)15-11-27-20(30-12-15)18(10-23-27)31(22,29)25-21(28)24-19-16-7-3-5-13(16)9-14-6-4-8-17(14)19/h9-10,15H,3-8,11-12H2,1-2H3,(H3,22,24,25,28,29)/t15?,31-/m1/s1. The van der Waals surface area contributed by atoms with Gasteiger partial charge >= 0.3 is 6.03 Å².